The maximum Gasteiger partial charge on any atom is 0.251 e. The van der Waals surface area contributed by atoms with Crippen LogP contribution in [0.15, 0.2) is 23.1 Å². The Morgan fingerprint density at radius 1 is 1.32 bits per heavy atom. The molecule has 1 heterocycles. The Kier molecular flexibility index (Phi) is 5.89. The Morgan fingerprint density at radius 3 is 2.82 bits per heavy atom. The number of hydrogen-bond donors (Lipinski definition) is 2. The highest BCUT2D eigenvalue weighted by atomic mass is 32.2. The van der Waals surface area contributed by atoms with Crippen molar-refractivity contribution in [1.82, 2.24) is 5.32 Å². The molecule has 1 aromatic carbocycles. The standard InChI is InChI=1S/C17H24N2O2S/c1-11(2)5-4-6-12(3)18-17(21)13-7-8-15-14(9-13)19-16(20)10-22-15/h7-9,11-12H,4-6,10H2,1-3H3,(H,18,21)(H,19,20)/t12-/m1/s1. The second-order valence-corrected chi connectivity index (χ2v) is 7.26. The number of nitrogens with one attached hydrogen (secondary N) is 2. The van der Waals surface area contributed by atoms with Crippen molar-refractivity contribution in [1.29, 1.82) is 0 Å². The monoisotopic (exact) mass is 320 g/mol. The Hall–Kier alpha value is -1.49. The van der Waals surface area contributed by atoms with Gasteiger partial charge in [0.15, 0.2) is 0 Å². The number of amides is 2. The normalized spacial score (nSPS) is 15.2. The van der Waals surface area contributed by atoms with E-state index in [2.05, 4.69) is 24.5 Å². The van der Waals surface area contributed by atoms with Crippen LogP contribution in [0, 0.1) is 5.92 Å². The summed E-state index contributed by atoms with van der Waals surface area (Å²) < 4.78 is 0. The topological polar surface area (TPSA) is 58.2 Å². The Balaban J connectivity index is 1.92. The van der Waals surface area contributed by atoms with Gasteiger partial charge in [-0.2, -0.15) is 0 Å². The predicted octanol–water partition coefficient (Wildman–Crippen LogP) is 3.68. The molecule has 2 N–H and O–H groups in total. The lowest BCUT2D eigenvalue weighted by Crippen LogP contribution is -2.32. The molecule has 120 valence electrons. The lowest BCUT2D eigenvalue weighted by molar-refractivity contribution is -0.113. The van der Waals surface area contributed by atoms with E-state index in [-0.39, 0.29) is 17.9 Å². The van der Waals surface area contributed by atoms with E-state index in [4.69, 9.17) is 0 Å². The first-order valence-corrected chi connectivity index (χ1v) is 8.82. The number of benzene rings is 1. The summed E-state index contributed by atoms with van der Waals surface area (Å²) in [6.45, 7) is 6.46. The van der Waals surface area contributed by atoms with Crippen LogP contribution in [0.3, 0.4) is 0 Å². The molecule has 1 aromatic rings. The minimum atomic E-state index is -0.0790. The molecule has 0 aromatic heterocycles. The molecule has 22 heavy (non-hydrogen) atoms. The van der Waals surface area contributed by atoms with E-state index in [0.717, 1.165) is 23.4 Å². The van der Waals surface area contributed by atoms with Gasteiger partial charge in [-0.3, -0.25) is 9.59 Å². The minimum Gasteiger partial charge on any atom is -0.350 e. The highest BCUT2D eigenvalue weighted by Crippen LogP contribution is 2.31. The predicted molar refractivity (Wildman–Crippen MR) is 91.4 cm³/mol. The zero-order chi connectivity index (χ0) is 16.1. The molecule has 5 heteroatoms. The minimum absolute atomic E-state index is 0.0166. The molecule has 0 saturated carbocycles. The van der Waals surface area contributed by atoms with Gasteiger partial charge in [-0.1, -0.05) is 26.7 Å². The second kappa shape index (κ2) is 7.68. The van der Waals surface area contributed by atoms with Crippen molar-refractivity contribution in [2.45, 2.75) is 51.0 Å². The number of thioether (sulfide) groups is 1. The maximum absolute atomic E-state index is 12.3. The first kappa shape index (κ1) is 16.9. The van der Waals surface area contributed by atoms with Crippen LogP contribution in [0.1, 0.15) is 50.4 Å². The third kappa shape index (κ3) is 4.77. The van der Waals surface area contributed by atoms with Crippen LogP contribution in [0.2, 0.25) is 0 Å². The van der Waals surface area contributed by atoms with Gasteiger partial charge in [-0.05, 0) is 37.5 Å². The van der Waals surface area contributed by atoms with E-state index in [0.29, 0.717) is 17.2 Å². The third-order valence-corrected chi connectivity index (χ3v) is 4.74. The molecule has 1 aliphatic rings. The fourth-order valence-corrected chi connectivity index (χ4v) is 3.22. The summed E-state index contributed by atoms with van der Waals surface area (Å²) in [4.78, 5) is 24.7. The summed E-state index contributed by atoms with van der Waals surface area (Å²) in [7, 11) is 0. The van der Waals surface area contributed by atoms with E-state index in [1.165, 1.54) is 18.2 Å². The van der Waals surface area contributed by atoms with Gasteiger partial charge in [0.2, 0.25) is 5.91 Å². The molecule has 0 fully saturated rings. The van der Waals surface area contributed by atoms with Gasteiger partial charge in [0.1, 0.15) is 0 Å². The summed E-state index contributed by atoms with van der Waals surface area (Å²) in [5, 5.41) is 5.84. The van der Waals surface area contributed by atoms with Gasteiger partial charge >= 0.3 is 0 Å². The molecule has 0 spiro atoms. The summed E-state index contributed by atoms with van der Waals surface area (Å²) in [6.07, 6.45) is 3.29. The van der Waals surface area contributed by atoms with Gasteiger partial charge in [0.05, 0.1) is 11.4 Å². The second-order valence-electron chi connectivity index (χ2n) is 6.25. The Bertz CT molecular complexity index is 558. The van der Waals surface area contributed by atoms with Crippen molar-refractivity contribution in [3.05, 3.63) is 23.8 Å². The van der Waals surface area contributed by atoms with Crippen molar-refractivity contribution < 1.29 is 9.59 Å². The van der Waals surface area contributed by atoms with E-state index in [1.807, 2.05) is 19.1 Å². The third-order valence-electron chi connectivity index (χ3n) is 3.67. The van der Waals surface area contributed by atoms with E-state index < -0.39 is 0 Å². The van der Waals surface area contributed by atoms with E-state index in [1.54, 1.807) is 6.07 Å². The Morgan fingerprint density at radius 2 is 2.09 bits per heavy atom. The van der Waals surface area contributed by atoms with Gasteiger partial charge in [-0.15, -0.1) is 11.8 Å². The quantitative estimate of drug-likeness (QED) is 0.840. The zero-order valence-electron chi connectivity index (χ0n) is 13.4. The van der Waals surface area contributed by atoms with Crippen molar-refractivity contribution in [3.8, 4) is 0 Å². The number of rotatable bonds is 6. The molecule has 0 aliphatic carbocycles. The molecule has 0 saturated heterocycles. The molecule has 1 aliphatic heterocycles. The smallest absolute Gasteiger partial charge is 0.251 e. The van der Waals surface area contributed by atoms with Crippen molar-refractivity contribution in [2.75, 3.05) is 11.1 Å². The first-order valence-electron chi connectivity index (χ1n) is 7.83. The summed E-state index contributed by atoms with van der Waals surface area (Å²) in [5.74, 6) is 1.04. The highest BCUT2D eigenvalue weighted by molar-refractivity contribution is 8.00. The van der Waals surface area contributed by atoms with Gasteiger partial charge in [-0.25, -0.2) is 0 Å². The Labute approximate surface area is 136 Å². The maximum atomic E-state index is 12.3. The molecule has 2 amide bonds. The molecule has 1 atom stereocenters. The largest absolute Gasteiger partial charge is 0.350 e. The molecule has 0 unspecified atom stereocenters. The van der Waals surface area contributed by atoms with Crippen LogP contribution in [0.25, 0.3) is 0 Å². The molecular weight excluding hydrogens is 296 g/mol. The highest BCUT2D eigenvalue weighted by Gasteiger charge is 2.18. The molecular formula is C17H24N2O2S. The fraction of sp³-hybridized carbons (Fsp3) is 0.529. The number of carbonyl (C=O) groups is 2. The van der Waals surface area contributed by atoms with Crippen LogP contribution < -0.4 is 10.6 Å². The van der Waals surface area contributed by atoms with E-state index in [9.17, 15) is 9.59 Å². The average Bonchev–Trinajstić information content (AvgIpc) is 2.45. The van der Waals surface area contributed by atoms with Gasteiger partial charge < -0.3 is 10.6 Å². The SMILES string of the molecule is CC(C)CCC[C@@H](C)NC(=O)c1ccc2c(c1)NC(=O)CS2. The van der Waals surface area contributed by atoms with Crippen LogP contribution in [-0.4, -0.2) is 23.6 Å². The number of carbonyl (C=O) groups excluding carboxylic acids is 2. The van der Waals surface area contributed by atoms with Gasteiger partial charge in [0, 0.05) is 16.5 Å². The van der Waals surface area contributed by atoms with Crippen molar-refractivity contribution >= 4 is 29.3 Å². The average molecular weight is 320 g/mol. The van der Waals surface area contributed by atoms with Crippen LogP contribution >= 0.6 is 11.8 Å². The zero-order valence-corrected chi connectivity index (χ0v) is 14.3. The fourth-order valence-electron chi connectivity index (χ4n) is 2.44. The first-order chi connectivity index (χ1) is 10.5. The number of anilines is 1. The molecule has 2 rings (SSSR count). The van der Waals surface area contributed by atoms with E-state index >= 15 is 0 Å². The molecule has 0 bridgehead atoms. The van der Waals surface area contributed by atoms with Crippen molar-refractivity contribution in [2.24, 2.45) is 5.92 Å². The van der Waals surface area contributed by atoms with Gasteiger partial charge in [0.25, 0.3) is 5.91 Å². The van der Waals surface area contributed by atoms with Crippen LogP contribution in [0.4, 0.5) is 5.69 Å². The summed E-state index contributed by atoms with van der Waals surface area (Å²) in [6, 6.07) is 5.64. The summed E-state index contributed by atoms with van der Waals surface area (Å²) >= 11 is 1.50. The molecule has 0 radical (unpaired) electrons. The number of hydrogen-bond acceptors (Lipinski definition) is 3. The van der Waals surface area contributed by atoms with Crippen LogP contribution in [0.5, 0.6) is 0 Å². The lowest BCUT2D eigenvalue weighted by Gasteiger charge is -2.18. The lowest BCUT2D eigenvalue weighted by atomic mass is 10.0. The number of fused-ring (bicyclic) bond motifs is 1. The van der Waals surface area contributed by atoms with Crippen LogP contribution in [-0.2, 0) is 4.79 Å². The molecule has 4 nitrogen and oxygen atoms in total. The summed E-state index contributed by atoms with van der Waals surface area (Å²) in [5.41, 5.74) is 1.33. The van der Waals surface area contributed by atoms with Crippen molar-refractivity contribution in [3.63, 3.8) is 0 Å².